The number of pyridine rings is 1. The summed E-state index contributed by atoms with van der Waals surface area (Å²) in [5.74, 6) is 0.447. The summed E-state index contributed by atoms with van der Waals surface area (Å²) in [5, 5.41) is 0. The van der Waals surface area contributed by atoms with Gasteiger partial charge in [0.25, 0.3) is 0 Å². The van der Waals surface area contributed by atoms with Gasteiger partial charge < -0.3 is 0 Å². The van der Waals surface area contributed by atoms with E-state index in [1.54, 1.807) is 0 Å². The van der Waals surface area contributed by atoms with E-state index in [0.29, 0.717) is 23.9 Å². The molecule has 2 fully saturated rings. The molecular weight excluding hydrogens is 224 g/mol. The van der Waals surface area contributed by atoms with Gasteiger partial charge in [0.1, 0.15) is 5.78 Å². The van der Waals surface area contributed by atoms with Crippen molar-refractivity contribution < 1.29 is 4.79 Å². The van der Waals surface area contributed by atoms with E-state index in [4.69, 9.17) is 0 Å². The average Bonchev–Trinajstić information content (AvgIpc) is 2.61. The van der Waals surface area contributed by atoms with E-state index in [0.717, 1.165) is 24.2 Å². The van der Waals surface area contributed by atoms with E-state index < -0.39 is 0 Å². The molecule has 0 amide bonds. The van der Waals surface area contributed by atoms with Crippen LogP contribution in [0.5, 0.6) is 0 Å². The minimum absolute atomic E-state index is 0.329. The Kier molecular flexibility index (Phi) is 2.94. The van der Waals surface area contributed by atoms with Crippen LogP contribution in [-0.2, 0) is 4.79 Å². The summed E-state index contributed by atoms with van der Waals surface area (Å²) in [6.07, 6.45) is 3.83. The van der Waals surface area contributed by atoms with E-state index in [-0.39, 0.29) is 0 Å². The Bertz CT molecular complexity index is 455. The van der Waals surface area contributed by atoms with Crippen molar-refractivity contribution in [2.45, 2.75) is 57.7 Å². The fraction of sp³-hybridized carbons (Fsp3) is 0.600. The van der Waals surface area contributed by atoms with Gasteiger partial charge in [0.2, 0.25) is 0 Å². The van der Waals surface area contributed by atoms with Gasteiger partial charge in [0, 0.05) is 36.7 Å². The third-order valence-corrected chi connectivity index (χ3v) is 4.39. The molecule has 3 unspecified atom stereocenters. The first-order valence-corrected chi connectivity index (χ1v) is 6.88. The number of ketones is 1. The van der Waals surface area contributed by atoms with Crippen LogP contribution in [0.25, 0.3) is 0 Å². The molecule has 2 saturated heterocycles. The molecule has 3 atom stereocenters. The molecule has 1 aromatic rings. The van der Waals surface area contributed by atoms with E-state index in [1.165, 1.54) is 12.8 Å². The second-order valence-electron chi connectivity index (χ2n) is 5.66. The molecule has 2 bridgehead atoms. The van der Waals surface area contributed by atoms with E-state index >= 15 is 0 Å². The Morgan fingerprint density at radius 3 is 2.56 bits per heavy atom. The van der Waals surface area contributed by atoms with E-state index in [2.05, 4.69) is 28.9 Å². The first-order chi connectivity index (χ1) is 8.65. The number of fused-ring (bicyclic) bond motifs is 2. The zero-order valence-electron chi connectivity index (χ0n) is 11.1. The van der Waals surface area contributed by atoms with Crippen LogP contribution in [0.2, 0.25) is 0 Å². The molecule has 0 aromatic carbocycles. The Labute approximate surface area is 108 Å². The van der Waals surface area contributed by atoms with Crippen molar-refractivity contribution in [3.8, 4) is 0 Å². The highest BCUT2D eigenvalue weighted by molar-refractivity contribution is 5.81. The summed E-state index contributed by atoms with van der Waals surface area (Å²) in [7, 11) is 0. The Balaban J connectivity index is 1.85. The van der Waals surface area contributed by atoms with Crippen molar-refractivity contribution in [1.29, 1.82) is 0 Å². The number of hydrogen-bond donors (Lipinski definition) is 0. The fourth-order valence-corrected chi connectivity index (χ4v) is 3.59. The minimum atomic E-state index is 0.329. The molecule has 0 N–H and O–H groups in total. The molecule has 96 valence electrons. The molecule has 0 saturated carbocycles. The summed E-state index contributed by atoms with van der Waals surface area (Å²) in [6, 6.07) is 7.45. The van der Waals surface area contributed by atoms with Gasteiger partial charge in [-0.1, -0.05) is 6.07 Å². The molecule has 3 heterocycles. The smallest absolute Gasteiger partial charge is 0.136 e. The molecule has 3 rings (SSSR count). The van der Waals surface area contributed by atoms with Crippen molar-refractivity contribution >= 4 is 5.78 Å². The van der Waals surface area contributed by atoms with Gasteiger partial charge in [-0.2, -0.15) is 0 Å². The van der Waals surface area contributed by atoms with Crippen molar-refractivity contribution in [2.24, 2.45) is 0 Å². The number of piperidine rings is 1. The number of aromatic nitrogens is 1. The van der Waals surface area contributed by atoms with E-state index in [1.807, 2.05) is 13.0 Å². The molecule has 0 radical (unpaired) electrons. The predicted octanol–water partition coefficient (Wildman–Crippen LogP) is 2.65. The number of nitrogens with zero attached hydrogens (tertiary/aromatic N) is 2. The third-order valence-electron chi connectivity index (χ3n) is 4.39. The lowest BCUT2D eigenvalue weighted by molar-refractivity contribution is -0.124. The predicted molar refractivity (Wildman–Crippen MR) is 70.3 cm³/mol. The highest BCUT2D eigenvalue weighted by atomic mass is 16.1. The van der Waals surface area contributed by atoms with Crippen LogP contribution in [-0.4, -0.2) is 27.8 Å². The number of Topliss-reactive ketones (excluding diaryl/α,β-unsaturated/α-hetero) is 1. The van der Waals surface area contributed by atoms with Crippen LogP contribution in [0.1, 0.15) is 50.0 Å². The van der Waals surface area contributed by atoms with Crippen LogP contribution in [0.3, 0.4) is 0 Å². The SMILES string of the molecule is Cc1cccc(C(C)N2C3CCC2CC(=O)C3)n1. The van der Waals surface area contributed by atoms with Crippen molar-refractivity contribution in [2.75, 3.05) is 0 Å². The van der Waals surface area contributed by atoms with Crippen molar-refractivity contribution in [1.82, 2.24) is 9.88 Å². The third kappa shape index (κ3) is 1.97. The van der Waals surface area contributed by atoms with Crippen molar-refractivity contribution in [3.63, 3.8) is 0 Å². The van der Waals surface area contributed by atoms with Gasteiger partial charge in [-0.15, -0.1) is 0 Å². The molecule has 2 aliphatic rings. The van der Waals surface area contributed by atoms with Crippen LogP contribution in [0.4, 0.5) is 0 Å². The number of carbonyl (C=O) groups is 1. The highest BCUT2D eigenvalue weighted by Gasteiger charge is 2.42. The standard InChI is InChI=1S/C15H20N2O/c1-10-4-3-5-15(16-10)11(2)17-12-6-7-13(17)9-14(18)8-12/h3-5,11-13H,6-9H2,1-2H3. The average molecular weight is 244 g/mol. The normalized spacial score (nSPS) is 29.6. The summed E-state index contributed by atoms with van der Waals surface area (Å²) >= 11 is 0. The Morgan fingerprint density at radius 2 is 1.94 bits per heavy atom. The largest absolute Gasteiger partial charge is 0.300 e. The fourth-order valence-electron chi connectivity index (χ4n) is 3.59. The summed E-state index contributed by atoms with van der Waals surface area (Å²) in [5.41, 5.74) is 2.21. The first kappa shape index (κ1) is 11.8. The molecule has 2 aliphatic heterocycles. The monoisotopic (exact) mass is 244 g/mol. The van der Waals surface area contributed by atoms with Gasteiger partial charge in [-0.25, -0.2) is 0 Å². The van der Waals surface area contributed by atoms with Gasteiger partial charge in [-0.3, -0.25) is 14.7 Å². The van der Waals surface area contributed by atoms with Gasteiger partial charge in [0.15, 0.2) is 0 Å². The summed E-state index contributed by atoms with van der Waals surface area (Å²) in [4.78, 5) is 18.8. The second kappa shape index (κ2) is 4.47. The van der Waals surface area contributed by atoms with Gasteiger partial charge in [-0.05, 0) is 38.8 Å². The first-order valence-electron chi connectivity index (χ1n) is 6.88. The number of hydrogen-bond acceptors (Lipinski definition) is 3. The second-order valence-corrected chi connectivity index (χ2v) is 5.66. The summed E-state index contributed by atoms with van der Waals surface area (Å²) < 4.78 is 0. The molecule has 0 spiro atoms. The lowest BCUT2D eigenvalue weighted by Gasteiger charge is -2.38. The van der Waals surface area contributed by atoms with Crippen LogP contribution >= 0.6 is 0 Å². The lowest BCUT2D eigenvalue weighted by Crippen LogP contribution is -2.44. The van der Waals surface area contributed by atoms with Crippen LogP contribution < -0.4 is 0 Å². The molecule has 18 heavy (non-hydrogen) atoms. The molecule has 3 heteroatoms. The maximum Gasteiger partial charge on any atom is 0.136 e. The molecular formula is C15H20N2O. The van der Waals surface area contributed by atoms with Gasteiger partial charge in [0.05, 0.1) is 5.69 Å². The van der Waals surface area contributed by atoms with E-state index in [9.17, 15) is 4.79 Å². The maximum absolute atomic E-state index is 11.6. The zero-order valence-corrected chi connectivity index (χ0v) is 11.1. The van der Waals surface area contributed by atoms with Crippen LogP contribution in [0, 0.1) is 6.92 Å². The molecule has 1 aromatic heterocycles. The number of aryl methyl sites for hydroxylation is 1. The van der Waals surface area contributed by atoms with Crippen molar-refractivity contribution in [3.05, 3.63) is 29.6 Å². The highest BCUT2D eigenvalue weighted by Crippen LogP contribution is 2.39. The molecule has 0 aliphatic carbocycles. The molecule has 3 nitrogen and oxygen atoms in total. The van der Waals surface area contributed by atoms with Gasteiger partial charge >= 0.3 is 0 Å². The topological polar surface area (TPSA) is 33.2 Å². The summed E-state index contributed by atoms with van der Waals surface area (Å²) in [6.45, 7) is 4.26. The zero-order chi connectivity index (χ0) is 12.7. The Morgan fingerprint density at radius 1 is 1.28 bits per heavy atom. The maximum atomic E-state index is 11.6. The lowest BCUT2D eigenvalue weighted by atomic mass is 9.98. The quantitative estimate of drug-likeness (QED) is 0.802. The Hall–Kier alpha value is -1.22. The van der Waals surface area contributed by atoms with Crippen LogP contribution in [0.15, 0.2) is 18.2 Å². The number of rotatable bonds is 2. The number of carbonyl (C=O) groups excluding carboxylic acids is 1. The minimum Gasteiger partial charge on any atom is -0.300 e.